The van der Waals surface area contributed by atoms with Gasteiger partial charge in [0.15, 0.2) is 0 Å². The third-order valence-corrected chi connectivity index (χ3v) is 3.92. The van der Waals surface area contributed by atoms with E-state index in [0.717, 1.165) is 49.1 Å². The van der Waals surface area contributed by atoms with Crippen LogP contribution in [0.5, 0.6) is 0 Å². The van der Waals surface area contributed by atoms with Crippen molar-refractivity contribution in [3.63, 3.8) is 0 Å². The number of nitrogens with one attached hydrogen (secondary N) is 1. The van der Waals surface area contributed by atoms with Crippen LogP contribution < -0.4 is 5.32 Å². The second-order valence-electron chi connectivity index (χ2n) is 5.33. The number of aryl methyl sites for hydroxylation is 1. The zero-order valence-corrected chi connectivity index (χ0v) is 11.9. The van der Waals surface area contributed by atoms with E-state index in [1.165, 1.54) is 12.8 Å². The Labute approximate surface area is 119 Å². The summed E-state index contributed by atoms with van der Waals surface area (Å²) in [6.45, 7) is 5.19. The largest absolute Gasteiger partial charge is 0.317 e. The van der Waals surface area contributed by atoms with Crippen LogP contribution in [0.15, 0.2) is 24.7 Å². The molecule has 1 saturated heterocycles. The molecule has 2 aromatic rings. The predicted molar refractivity (Wildman–Crippen MR) is 78.2 cm³/mol. The zero-order chi connectivity index (χ0) is 13.8. The van der Waals surface area contributed by atoms with Crippen molar-refractivity contribution in [2.75, 3.05) is 13.1 Å². The van der Waals surface area contributed by atoms with Gasteiger partial charge in [0.05, 0.1) is 17.6 Å². The highest BCUT2D eigenvalue weighted by Crippen LogP contribution is 2.19. The van der Waals surface area contributed by atoms with Gasteiger partial charge in [-0.15, -0.1) is 0 Å². The average Bonchev–Trinajstić information content (AvgIpc) is 2.97. The summed E-state index contributed by atoms with van der Waals surface area (Å²) in [5.74, 6) is 0.733. The Kier molecular flexibility index (Phi) is 4.06. The third-order valence-electron chi connectivity index (χ3n) is 3.92. The van der Waals surface area contributed by atoms with E-state index in [1.807, 2.05) is 29.3 Å². The average molecular weight is 271 g/mol. The SMILES string of the molecule is CCn1nccc1-c1cncc(CC2CCNCC2)n1. The molecular weight excluding hydrogens is 250 g/mol. The van der Waals surface area contributed by atoms with Gasteiger partial charge < -0.3 is 5.32 Å². The van der Waals surface area contributed by atoms with Crippen LogP contribution in [0.4, 0.5) is 0 Å². The summed E-state index contributed by atoms with van der Waals surface area (Å²) in [4.78, 5) is 9.14. The molecule has 3 rings (SSSR count). The molecule has 0 atom stereocenters. The highest BCUT2D eigenvalue weighted by Gasteiger charge is 2.15. The lowest BCUT2D eigenvalue weighted by Crippen LogP contribution is -2.28. The first-order valence-corrected chi connectivity index (χ1v) is 7.40. The maximum Gasteiger partial charge on any atom is 0.107 e. The second kappa shape index (κ2) is 6.13. The molecule has 1 aliphatic heterocycles. The highest BCUT2D eigenvalue weighted by atomic mass is 15.3. The Morgan fingerprint density at radius 3 is 2.95 bits per heavy atom. The Morgan fingerprint density at radius 1 is 1.30 bits per heavy atom. The standard InChI is InChI=1S/C15H21N5/c1-2-20-15(5-8-18-20)14-11-17-10-13(19-14)9-12-3-6-16-7-4-12/h5,8,10-12,16H,2-4,6-7,9H2,1H3. The molecular formula is C15H21N5. The van der Waals surface area contributed by atoms with Gasteiger partial charge >= 0.3 is 0 Å². The first-order valence-electron chi connectivity index (χ1n) is 7.40. The van der Waals surface area contributed by atoms with Gasteiger partial charge in [-0.05, 0) is 51.3 Å². The molecule has 3 heterocycles. The molecule has 1 fully saturated rings. The van der Waals surface area contributed by atoms with E-state index in [0.29, 0.717) is 0 Å². The smallest absolute Gasteiger partial charge is 0.107 e. The number of rotatable bonds is 4. The molecule has 1 N–H and O–H groups in total. The summed E-state index contributed by atoms with van der Waals surface area (Å²) in [6.07, 6.45) is 9.05. The van der Waals surface area contributed by atoms with E-state index in [2.05, 4.69) is 22.3 Å². The van der Waals surface area contributed by atoms with Gasteiger partial charge in [0.1, 0.15) is 5.69 Å². The number of hydrogen-bond acceptors (Lipinski definition) is 4. The fraction of sp³-hybridized carbons (Fsp3) is 0.533. The third kappa shape index (κ3) is 2.88. The summed E-state index contributed by atoms with van der Waals surface area (Å²) in [5, 5.41) is 7.70. The molecule has 5 nitrogen and oxygen atoms in total. The summed E-state index contributed by atoms with van der Waals surface area (Å²) in [5.41, 5.74) is 3.07. The van der Waals surface area contributed by atoms with Crippen LogP contribution in [0.3, 0.4) is 0 Å². The molecule has 0 amide bonds. The van der Waals surface area contributed by atoms with Crippen molar-refractivity contribution in [3.05, 3.63) is 30.4 Å². The van der Waals surface area contributed by atoms with Gasteiger partial charge in [-0.3, -0.25) is 9.67 Å². The first kappa shape index (κ1) is 13.2. The fourth-order valence-electron chi connectivity index (χ4n) is 2.81. The van der Waals surface area contributed by atoms with Gasteiger partial charge in [-0.2, -0.15) is 5.10 Å². The van der Waals surface area contributed by atoms with Crippen molar-refractivity contribution >= 4 is 0 Å². The van der Waals surface area contributed by atoms with Gasteiger partial charge in [0, 0.05) is 18.9 Å². The van der Waals surface area contributed by atoms with Crippen LogP contribution in [0.1, 0.15) is 25.5 Å². The quantitative estimate of drug-likeness (QED) is 0.923. The lowest BCUT2D eigenvalue weighted by Gasteiger charge is -2.22. The van der Waals surface area contributed by atoms with Crippen LogP contribution in [-0.4, -0.2) is 32.8 Å². The molecule has 0 unspecified atom stereocenters. The number of nitrogens with zero attached hydrogens (tertiary/aromatic N) is 4. The molecule has 0 bridgehead atoms. The minimum absolute atomic E-state index is 0.733. The van der Waals surface area contributed by atoms with Crippen LogP contribution in [-0.2, 0) is 13.0 Å². The summed E-state index contributed by atoms with van der Waals surface area (Å²) >= 11 is 0. The monoisotopic (exact) mass is 271 g/mol. The van der Waals surface area contributed by atoms with Crippen LogP contribution in [0, 0.1) is 5.92 Å². The minimum atomic E-state index is 0.733. The van der Waals surface area contributed by atoms with E-state index in [4.69, 9.17) is 4.98 Å². The number of piperidine rings is 1. The Hall–Kier alpha value is -1.75. The minimum Gasteiger partial charge on any atom is -0.317 e. The molecule has 5 heteroatoms. The van der Waals surface area contributed by atoms with Crippen molar-refractivity contribution < 1.29 is 0 Å². The normalized spacial score (nSPS) is 16.4. The summed E-state index contributed by atoms with van der Waals surface area (Å²) in [6, 6.07) is 2.00. The van der Waals surface area contributed by atoms with Crippen molar-refractivity contribution in [3.8, 4) is 11.4 Å². The first-order chi connectivity index (χ1) is 9.86. The molecule has 0 saturated carbocycles. The van der Waals surface area contributed by atoms with Gasteiger partial charge in [-0.25, -0.2) is 4.98 Å². The number of aromatic nitrogens is 4. The Balaban J connectivity index is 1.78. The zero-order valence-electron chi connectivity index (χ0n) is 11.9. The lowest BCUT2D eigenvalue weighted by molar-refractivity contribution is 0.370. The van der Waals surface area contributed by atoms with E-state index >= 15 is 0 Å². The molecule has 0 spiro atoms. The molecule has 106 valence electrons. The summed E-state index contributed by atoms with van der Waals surface area (Å²) < 4.78 is 1.96. The van der Waals surface area contributed by atoms with Crippen molar-refractivity contribution in [1.82, 2.24) is 25.1 Å². The van der Waals surface area contributed by atoms with E-state index in [1.54, 1.807) is 0 Å². The van der Waals surface area contributed by atoms with Gasteiger partial charge in [-0.1, -0.05) is 0 Å². The van der Waals surface area contributed by atoms with Crippen molar-refractivity contribution in [1.29, 1.82) is 0 Å². The predicted octanol–water partition coefficient (Wildman–Crippen LogP) is 1.90. The number of hydrogen-bond donors (Lipinski definition) is 1. The topological polar surface area (TPSA) is 55.6 Å². The highest BCUT2D eigenvalue weighted by molar-refractivity contribution is 5.52. The molecule has 0 radical (unpaired) electrons. The van der Waals surface area contributed by atoms with E-state index < -0.39 is 0 Å². The van der Waals surface area contributed by atoms with Gasteiger partial charge in [0.2, 0.25) is 0 Å². The molecule has 0 aliphatic carbocycles. The van der Waals surface area contributed by atoms with Gasteiger partial charge in [0.25, 0.3) is 0 Å². The molecule has 2 aromatic heterocycles. The molecule has 0 aromatic carbocycles. The van der Waals surface area contributed by atoms with Crippen LogP contribution >= 0.6 is 0 Å². The van der Waals surface area contributed by atoms with Crippen molar-refractivity contribution in [2.24, 2.45) is 5.92 Å². The van der Waals surface area contributed by atoms with Crippen LogP contribution in [0.25, 0.3) is 11.4 Å². The van der Waals surface area contributed by atoms with E-state index in [-0.39, 0.29) is 0 Å². The van der Waals surface area contributed by atoms with E-state index in [9.17, 15) is 0 Å². The summed E-state index contributed by atoms with van der Waals surface area (Å²) in [7, 11) is 0. The second-order valence-corrected chi connectivity index (χ2v) is 5.33. The maximum absolute atomic E-state index is 4.77. The molecule has 1 aliphatic rings. The molecule has 20 heavy (non-hydrogen) atoms. The fourth-order valence-corrected chi connectivity index (χ4v) is 2.81. The Morgan fingerprint density at radius 2 is 2.15 bits per heavy atom. The van der Waals surface area contributed by atoms with Crippen LogP contribution in [0.2, 0.25) is 0 Å². The maximum atomic E-state index is 4.77. The Bertz CT molecular complexity index is 557. The lowest BCUT2D eigenvalue weighted by atomic mass is 9.93. The van der Waals surface area contributed by atoms with Crippen molar-refractivity contribution in [2.45, 2.75) is 32.7 Å².